The maximum absolute atomic E-state index is 11.5. The number of rotatable bonds is 4. The van der Waals surface area contributed by atoms with Crippen LogP contribution in [0.5, 0.6) is 0 Å². The molecule has 0 saturated carbocycles. The Morgan fingerprint density at radius 1 is 1.50 bits per heavy atom. The van der Waals surface area contributed by atoms with Crippen LogP contribution in [0, 0.1) is 5.92 Å². The molecule has 0 aliphatic rings. The van der Waals surface area contributed by atoms with Gasteiger partial charge in [0.2, 0.25) is 0 Å². The van der Waals surface area contributed by atoms with E-state index in [-0.39, 0.29) is 17.9 Å². The van der Waals surface area contributed by atoms with Gasteiger partial charge in [-0.25, -0.2) is 4.79 Å². The Morgan fingerprint density at radius 2 is 2.19 bits per heavy atom. The summed E-state index contributed by atoms with van der Waals surface area (Å²) in [6.07, 6.45) is 3.36. The van der Waals surface area contributed by atoms with Crippen LogP contribution in [0.2, 0.25) is 0 Å². The molecule has 0 radical (unpaired) electrons. The number of ether oxygens (including phenoxy) is 1. The minimum Gasteiger partial charge on any atom is -0.467 e. The van der Waals surface area contributed by atoms with Crippen molar-refractivity contribution in [3.63, 3.8) is 0 Å². The highest BCUT2D eigenvalue weighted by Crippen LogP contribution is 2.17. The van der Waals surface area contributed by atoms with Crippen LogP contribution in [0.3, 0.4) is 0 Å². The summed E-state index contributed by atoms with van der Waals surface area (Å²) >= 11 is 3.32. The normalized spacial score (nSPS) is 12.3. The van der Waals surface area contributed by atoms with E-state index < -0.39 is 0 Å². The fraction of sp³-hybridized carbons (Fsp3) is 0.455. The Morgan fingerprint density at radius 3 is 2.69 bits per heavy atom. The standard InChI is InChI=1S/C11H15BrN2O2/c1-7(2)10(11(15)16-3)14-9-4-8(12)5-13-6-9/h4-7,10,14H,1-3H3. The molecular weight excluding hydrogens is 272 g/mol. The van der Waals surface area contributed by atoms with Gasteiger partial charge in [0.1, 0.15) is 6.04 Å². The maximum atomic E-state index is 11.5. The third kappa shape index (κ3) is 3.48. The van der Waals surface area contributed by atoms with E-state index in [1.165, 1.54) is 7.11 Å². The SMILES string of the molecule is COC(=O)C(Nc1cncc(Br)c1)C(C)C. The second-order valence-electron chi connectivity index (χ2n) is 3.78. The predicted octanol–water partition coefficient (Wildman–Crippen LogP) is 2.45. The van der Waals surface area contributed by atoms with E-state index in [1.807, 2.05) is 19.9 Å². The average molecular weight is 287 g/mol. The van der Waals surface area contributed by atoms with E-state index >= 15 is 0 Å². The van der Waals surface area contributed by atoms with Gasteiger partial charge in [-0.05, 0) is 27.9 Å². The molecule has 4 nitrogen and oxygen atoms in total. The summed E-state index contributed by atoms with van der Waals surface area (Å²) in [6, 6.07) is 1.51. The van der Waals surface area contributed by atoms with Crippen molar-refractivity contribution in [2.75, 3.05) is 12.4 Å². The number of methoxy groups -OCH3 is 1. The van der Waals surface area contributed by atoms with Crippen molar-refractivity contribution in [3.8, 4) is 0 Å². The Kier molecular flexibility index (Phi) is 4.73. The molecule has 0 aliphatic carbocycles. The van der Waals surface area contributed by atoms with Crippen LogP contribution in [-0.4, -0.2) is 24.1 Å². The number of hydrogen-bond donors (Lipinski definition) is 1. The Hall–Kier alpha value is -1.10. The summed E-state index contributed by atoms with van der Waals surface area (Å²) in [5, 5.41) is 3.10. The second-order valence-corrected chi connectivity index (χ2v) is 4.70. The molecule has 1 aromatic rings. The molecule has 5 heteroatoms. The third-order valence-corrected chi connectivity index (χ3v) is 2.58. The first-order valence-corrected chi connectivity index (χ1v) is 5.78. The van der Waals surface area contributed by atoms with Crippen molar-refractivity contribution in [1.82, 2.24) is 4.98 Å². The monoisotopic (exact) mass is 286 g/mol. The van der Waals surface area contributed by atoms with E-state index in [9.17, 15) is 4.79 Å². The number of hydrogen-bond acceptors (Lipinski definition) is 4. The van der Waals surface area contributed by atoms with Crippen LogP contribution >= 0.6 is 15.9 Å². The number of halogens is 1. The minimum absolute atomic E-state index is 0.145. The zero-order chi connectivity index (χ0) is 12.1. The van der Waals surface area contributed by atoms with Crippen LogP contribution < -0.4 is 5.32 Å². The van der Waals surface area contributed by atoms with Crippen molar-refractivity contribution in [1.29, 1.82) is 0 Å². The topological polar surface area (TPSA) is 51.2 Å². The van der Waals surface area contributed by atoms with Crippen LogP contribution in [0.25, 0.3) is 0 Å². The van der Waals surface area contributed by atoms with Gasteiger partial charge in [0.25, 0.3) is 0 Å². The van der Waals surface area contributed by atoms with Crippen LogP contribution in [0.15, 0.2) is 22.9 Å². The molecule has 0 saturated heterocycles. The van der Waals surface area contributed by atoms with E-state index in [1.54, 1.807) is 12.4 Å². The fourth-order valence-corrected chi connectivity index (χ4v) is 1.66. The first kappa shape index (κ1) is 13.0. The number of esters is 1. The van der Waals surface area contributed by atoms with Gasteiger partial charge < -0.3 is 10.1 Å². The van der Waals surface area contributed by atoms with Gasteiger partial charge in [0, 0.05) is 10.7 Å². The summed E-state index contributed by atoms with van der Waals surface area (Å²) in [6.45, 7) is 3.92. The fourth-order valence-electron chi connectivity index (χ4n) is 1.30. The minimum atomic E-state index is -0.360. The third-order valence-electron chi connectivity index (χ3n) is 2.15. The number of pyridine rings is 1. The summed E-state index contributed by atoms with van der Waals surface area (Å²) in [5.41, 5.74) is 0.790. The molecule has 0 spiro atoms. The smallest absolute Gasteiger partial charge is 0.328 e. The van der Waals surface area contributed by atoms with E-state index in [0.717, 1.165) is 10.2 Å². The van der Waals surface area contributed by atoms with Crippen molar-refractivity contribution < 1.29 is 9.53 Å². The summed E-state index contributed by atoms with van der Waals surface area (Å²) < 4.78 is 5.61. The molecule has 1 N–H and O–H groups in total. The zero-order valence-corrected chi connectivity index (χ0v) is 11.1. The van der Waals surface area contributed by atoms with Crippen LogP contribution in [-0.2, 0) is 9.53 Å². The van der Waals surface area contributed by atoms with Gasteiger partial charge in [-0.2, -0.15) is 0 Å². The molecule has 88 valence electrons. The van der Waals surface area contributed by atoms with Crippen molar-refractivity contribution in [2.45, 2.75) is 19.9 Å². The molecule has 1 aromatic heterocycles. The van der Waals surface area contributed by atoms with Gasteiger partial charge >= 0.3 is 5.97 Å². The summed E-state index contributed by atoms with van der Waals surface area (Å²) in [7, 11) is 1.39. The Bertz CT molecular complexity index is 369. The molecule has 0 bridgehead atoms. The average Bonchev–Trinajstić information content (AvgIpc) is 2.24. The van der Waals surface area contributed by atoms with Gasteiger partial charge in [-0.15, -0.1) is 0 Å². The number of aromatic nitrogens is 1. The number of carbonyl (C=O) groups excluding carboxylic acids is 1. The van der Waals surface area contributed by atoms with Gasteiger partial charge in [-0.1, -0.05) is 13.8 Å². The molecule has 1 unspecified atom stereocenters. The van der Waals surface area contributed by atoms with Crippen LogP contribution in [0.4, 0.5) is 5.69 Å². The highest BCUT2D eigenvalue weighted by Gasteiger charge is 2.22. The number of nitrogens with one attached hydrogen (secondary N) is 1. The van der Waals surface area contributed by atoms with E-state index in [0.29, 0.717) is 0 Å². The predicted molar refractivity (Wildman–Crippen MR) is 66.2 cm³/mol. The molecule has 0 fully saturated rings. The molecule has 16 heavy (non-hydrogen) atoms. The first-order chi connectivity index (χ1) is 7.54. The lowest BCUT2D eigenvalue weighted by molar-refractivity contribution is -0.142. The molecule has 1 rings (SSSR count). The lowest BCUT2D eigenvalue weighted by atomic mass is 10.0. The van der Waals surface area contributed by atoms with Crippen molar-refractivity contribution in [3.05, 3.63) is 22.9 Å². The van der Waals surface area contributed by atoms with E-state index in [2.05, 4.69) is 26.2 Å². The second kappa shape index (κ2) is 5.84. The number of anilines is 1. The first-order valence-electron chi connectivity index (χ1n) is 4.99. The lowest BCUT2D eigenvalue weighted by Gasteiger charge is -2.20. The van der Waals surface area contributed by atoms with Gasteiger partial charge in [0.15, 0.2) is 0 Å². The zero-order valence-electron chi connectivity index (χ0n) is 9.53. The Labute approximate surface area is 104 Å². The molecule has 0 aromatic carbocycles. The largest absolute Gasteiger partial charge is 0.467 e. The molecule has 1 atom stereocenters. The highest BCUT2D eigenvalue weighted by atomic mass is 79.9. The van der Waals surface area contributed by atoms with Crippen molar-refractivity contribution in [2.24, 2.45) is 5.92 Å². The molecular formula is C11H15BrN2O2. The number of nitrogens with zero attached hydrogens (tertiary/aromatic N) is 1. The van der Waals surface area contributed by atoms with E-state index in [4.69, 9.17) is 4.74 Å². The quantitative estimate of drug-likeness (QED) is 0.864. The lowest BCUT2D eigenvalue weighted by Crippen LogP contribution is -2.35. The summed E-state index contributed by atoms with van der Waals surface area (Å²) in [4.78, 5) is 15.5. The number of carbonyl (C=O) groups is 1. The molecule has 0 aliphatic heterocycles. The van der Waals surface area contributed by atoms with Crippen molar-refractivity contribution >= 4 is 27.6 Å². The maximum Gasteiger partial charge on any atom is 0.328 e. The van der Waals surface area contributed by atoms with Gasteiger partial charge in [0.05, 0.1) is 19.0 Å². The molecule has 1 heterocycles. The summed E-state index contributed by atoms with van der Waals surface area (Å²) in [5.74, 6) is -0.124. The van der Waals surface area contributed by atoms with Crippen LogP contribution in [0.1, 0.15) is 13.8 Å². The van der Waals surface area contributed by atoms with Gasteiger partial charge in [-0.3, -0.25) is 4.98 Å². The molecule has 0 amide bonds. The highest BCUT2D eigenvalue weighted by molar-refractivity contribution is 9.10. The Balaban J connectivity index is 2.79.